The van der Waals surface area contributed by atoms with Crippen molar-refractivity contribution < 1.29 is 42.9 Å². The summed E-state index contributed by atoms with van der Waals surface area (Å²) in [4.78, 5) is 37.2. The molecule has 69 heavy (non-hydrogen) atoms. The van der Waals surface area contributed by atoms with E-state index in [0.717, 1.165) is 96.3 Å². The highest BCUT2D eigenvalue weighted by Crippen LogP contribution is 2.13. The number of unbranched alkanes of at least 4 members (excludes halogenated alkanes) is 15. The van der Waals surface area contributed by atoms with Crippen LogP contribution in [0.5, 0.6) is 0 Å². The molecule has 0 heterocycles. The number of quaternary nitrogens is 1. The summed E-state index contributed by atoms with van der Waals surface area (Å²) in [6, 6.07) is 0. The van der Waals surface area contributed by atoms with E-state index in [1.54, 1.807) is 0 Å². The van der Waals surface area contributed by atoms with Crippen LogP contribution >= 0.6 is 0 Å². The molecule has 2 atom stereocenters. The van der Waals surface area contributed by atoms with Crippen molar-refractivity contribution in [3.05, 3.63) is 109 Å². The Morgan fingerprint density at radius 2 is 0.826 bits per heavy atom. The second kappa shape index (κ2) is 50.3. The first-order chi connectivity index (χ1) is 33.6. The molecule has 0 fully saturated rings. The number of aliphatic carboxylic acids is 1. The monoisotopic (exact) mass is 962 g/mol. The van der Waals surface area contributed by atoms with Crippen molar-refractivity contribution in [1.29, 1.82) is 0 Å². The van der Waals surface area contributed by atoms with Crippen molar-refractivity contribution in [2.24, 2.45) is 0 Å². The fraction of sp³-hybridized carbons (Fsp3) is 0.650. The molecule has 0 aliphatic carbocycles. The second-order valence-electron chi connectivity index (χ2n) is 18.8. The van der Waals surface area contributed by atoms with E-state index in [0.29, 0.717) is 17.4 Å². The van der Waals surface area contributed by atoms with E-state index in [9.17, 15) is 19.5 Å². The molecule has 9 heteroatoms. The third-order valence-corrected chi connectivity index (χ3v) is 11.0. The van der Waals surface area contributed by atoms with Crippen molar-refractivity contribution in [3.8, 4) is 0 Å². The molecular formula is C60H99NO8. The number of carboxylic acid groups (broad SMARTS) is 1. The summed E-state index contributed by atoms with van der Waals surface area (Å²) in [5, 5.41) is 11.8. The minimum Gasteiger partial charge on any atom is -0.545 e. The fourth-order valence-electron chi connectivity index (χ4n) is 6.84. The molecule has 392 valence electrons. The van der Waals surface area contributed by atoms with Gasteiger partial charge in [0, 0.05) is 12.8 Å². The van der Waals surface area contributed by atoms with Gasteiger partial charge < -0.3 is 33.3 Å². The summed E-state index contributed by atoms with van der Waals surface area (Å²) in [5.41, 5.74) is 0. The van der Waals surface area contributed by atoms with Gasteiger partial charge in [0.1, 0.15) is 13.2 Å². The Morgan fingerprint density at radius 3 is 1.26 bits per heavy atom. The van der Waals surface area contributed by atoms with E-state index in [1.165, 1.54) is 64.2 Å². The first-order valence-electron chi connectivity index (χ1n) is 27.0. The van der Waals surface area contributed by atoms with E-state index in [-0.39, 0.29) is 38.6 Å². The summed E-state index contributed by atoms with van der Waals surface area (Å²) >= 11 is 0. The molecule has 0 saturated carbocycles. The minimum atomic E-state index is -1.64. The maximum Gasteiger partial charge on any atom is 0.306 e. The number of ether oxygens (including phenoxy) is 4. The number of carboxylic acids is 1. The number of esters is 2. The second-order valence-corrected chi connectivity index (χ2v) is 18.8. The molecule has 0 aromatic carbocycles. The standard InChI is InChI=1S/C60H99NO8/c1-6-8-10-12-14-16-18-20-22-24-26-28-29-31-32-34-36-38-40-42-44-46-48-50-57(62)67-54-56(55-68-60(59(64)65)66-53-52-61(3,4)5)69-58(63)51-49-47-45-43-41-39-37-35-33-30-27-25-23-21-19-17-15-13-11-9-7-2/h9,11,15,17-18,20-21,23-24,26-27,29-31,35,37,41,43,56,60H,6-8,10,12-14,16,19,22,25,28,32-34,36,38-40,42,44-55H2,1-5H3/b11-9-,17-15-,20-18-,23-21-,26-24-,30-27-,31-29-,37-35-,43-41-. The zero-order valence-corrected chi connectivity index (χ0v) is 44.4. The quantitative estimate of drug-likeness (QED) is 0.0195. The van der Waals surface area contributed by atoms with Crippen molar-refractivity contribution >= 4 is 17.9 Å². The summed E-state index contributed by atoms with van der Waals surface area (Å²) in [5.74, 6) is -2.37. The Bertz CT molecular complexity index is 1490. The smallest absolute Gasteiger partial charge is 0.306 e. The van der Waals surface area contributed by atoms with Gasteiger partial charge in [-0.2, -0.15) is 0 Å². The van der Waals surface area contributed by atoms with Crippen molar-refractivity contribution in [1.82, 2.24) is 0 Å². The third-order valence-electron chi connectivity index (χ3n) is 11.0. The van der Waals surface area contributed by atoms with Gasteiger partial charge in [-0.3, -0.25) is 9.59 Å². The lowest BCUT2D eigenvalue weighted by Crippen LogP contribution is -2.44. The van der Waals surface area contributed by atoms with Crippen LogP contribution in [-0.2, 0) is 33.3 Å². The average Bonchev–Trinajstić information content (AvgIpc) is 3.31. The molecule has 0 amide bonds. The topological polar surface area (TPSA) is 111 Å². The maximum atomic E-state index is 12.8. The molecular weight excluding hydrogens is 863 g/mol. The lowest BCUT2D eigenvalue weighted by Gasteiger charge is -2.26. The van der Waals surface area contributed by atoms with Crippen LogP contribution in [0.15, 0.2) is 109 Å². The zero-order chi connectivity index (χ0) is 50.6. The van der Waals surface area contributed by atoms with Gasteiger partial charge in [0.15, 0.2) is 12.4 Å². The van der Waals surface area contributed by atoms with Gasteiger partial charge in [0.2, 0.25) is 0 Å². The Morgan fingerprint density at radius 1 is 0.449 bits per heavy atom. The molecule has 0 spiro atoms. The van der Waals surface area contributed by atoms with E-state index in [1.807, 2.05) is 21.1 Å². The van der Waals surface area contributed by atoms with E-state index in [4.69, 9.17) is 18.9 Å². The average molecular weight is 962 g/mol. The van der Waals surface area contributed by atoms with Crippen LogP contribution in [0.25, 0.3) is 0 Å². The fourth-order valence-corrected chi connectivity index (χ4v) is 6.84. The van der Waals surface area contributed by atoms with Gasteiger partial charge >= 0.3 is 11.9 Å². The Kier molecular flexibility index (Phi) is 47.4. The Balaban J connectivity index is 4.43. The number of hydrogen-bond acceptors (Lipinski definition) is 8. The first kappa shape index (κ1) is 65.0. The molecule has 0 radical (unpaired) electrons. The van der Waals surface area contributed by atoms with E-state index >= 15 is 0 Å². The van der Waals surface area contributed by atoms with Crippen LogP contribution in [0.1, 0.15) is 194 Å². The molecule has 0 aliphatic heterocycles. The number of rotatable bonds is 48. The number of allylic oxidation sites excluding steroid dienone is 18. The van der Waals surface area contributed by atoms with Gasteiger partial charge in [-0.05, 0) is 103 Å². The van der Waals surface area contributed by atoms with Crippen molar-refractivity contribution in [2.45, 2.75) is 206 Å². The van der Waals surface area contributed by atoms with Crippen molar-refractivity contribution in [3.63, 3.8) is 0 Å². The van der Waals surface area contributed by atoms with Gasteiger partial charge in [-0.1, -0.05) is 187 Å². The van der Waals surface area contributed by atoms with Crippen LogP contribution in [0, 0.1) is 0 Å². The molecule has 0 N–H and O–H groups in total. The summed E-state index contributed by atoms with van der Waals surface area (Å²) in [6.45, 7) is 4.54. The molecule has 0 saturated heterocycles. The van der Waals surface area contributed by atoms with E-state index in [2.05, 4.69) is 123 Å². The molecule has 9 nitrogen and oxygen atoms in total. The third kappa shape index (κ3) is 51.6. The number of carbonyl (C=O) groups is 3. The lowest BCUT2D eigenvalue weighted by molar-refractivity contribution is -0.870. The summed E-state index contributed by atoms with van der Waals surface area (Å²) in [6.07, 6.45) is 65.6. The molecule has 0 rings (SSSR count). The lowest BCUT2D eigenvalue weighted by atomic mass is 10.1. The van der Waals surface area contributed by atoms with Gasteiger partial charge in [-0.25, -0.2) is 0 Å². The minimum absolute atomic E-state index is 0.131. The van der Waals surface area contributed by atoms with E-state index < -0.39 is 24.3 Å². The molecule has 0 aromatic heterocycles. The normalized spacial score (nSPS) is 13.7. The molecule has 2 unspecified atom stereocenters. The number of carbonyl (C=O) groups excluding carboxylic acids is 3. The maximum absolute atomic E-state index is 12.8. The van der Waals surface area contributed by atoms with Gasteiger partial charge in [-0.15, -0.1) is 0 Å². The number of nitrogens with zero attached hydrogens (tertiary/aromatic N) is 1. The van der Waals surface area contributed by atoms with Crippen LogP contribution < -0.4 is 5.11 Å². The summed E-state index contributed by atoms with van der Waals surface area (Å²) < 4.78 is 22.6. The highest BCUT2D eigenvalue weighted by Gasteiger charge is 2.21. The van der Waals surface area contributed by atoms with Crippen LogP contribution in [0.3, 0.4) is 0 Å². The SMILES string of the molecule is CC/C=C\C/C=C\C/C=C\C/C=C\C/C=C\C/C=C\CCCCC(=O)OC(COC(=O)CCCCCCCCCC/C=C\C/C=C\C/C=C\CCCCCCC)COC(OCC[N+](C)(C)C)C(=O)[O-]. The molecule has 0 aliphatic rings. The number of hydrogen-bond donors (Lipinski definition) is 0. The predicted molar refractivity (Wildman–Crippen MR) is 287 cm³/mol. The molecule has 0 aromatic rings. The highest BCUT2D eigenvalue weighted by molar-refractivity contribution is 5.70. The highest BCUT2D eigenvalue weighted by atomic mass is 16.7. The Hall–Kier alpha value is -4.05. The van der Waals surface area contributed by atoms with Crippen LogP contribution in [0.2, 0.25) is 0 Å². The summed E-state index contributed by atoms with van der Waals surface area (Å²) in [7, 11) is 5.89. The zero-order valence-electron chi connectivity index (χ0n) is 44.4. The van der Waals surface area contributed by atoms with Crippen molar-refractivity contribution in [2.75, 3.05) is 47.5 Å². The first-order valence-corrected chi connectivity index (χ1v) is 27.0. The van der Waals surface area contributed by atoms with Gasteiger partial charge in [0.25, 0.3) is 0 Å². The largest absolute Gasteiger partial charge is 0.545 e. The van der Waals surface area contributed by atoms with Crippen LogP contribution in [-0.4, -0.2) is 82.3 Å². The van der Waals surface area contributed by atoms with Gasteiger partial charge in [0.05, 0.1) is 40.3 Å². The molecule has 0 bridgehead atoms. The van der Waals surface area contributed by atoms with Crippen LogP contribution in [0.4, 0.5) is 0 Å². The number of likely N-dealkylation sites (N-methyl/N-ethyl adjacent to an activating group) is 1. The Labute approximate surface area is 422 Å². The predicted octanol–water partition coefficient (Wildman–Crippen LogP) is 14.2.